The smallest absolute Gasteiger partial charge is 0.124 e. The van der Waals surface area contributed by atoms with Crippen LogP contribution in [0.1, 0.15) is 18.5 Å². The predicted octanol–water partition coefficient (Wildman–Crippen LogP) is 2.87. The summed E-state index contributed by atoms with van der Waals surface area (Å²) in [5.74, 6) is 0.865. The summed E-state index contributed by atoms with van der Waals surface area (Å²) in [4.78, 5) is 0. The Labute approximate surface area is 89.7 Å². The van der Waals surface area contributed by atoms with E-state index in [2.05, 4.69) is 18.2 Å². The Hall–Kier alpha value is -1.54. The molecule has 0 aromatic heterocycles. The minimum atomic E-state index is -0.00967. The molecule has 0 aliphatic heterocycles. The molecule has 0 saturated heterocycles. The molecule has 0 bridgehead atoms. The second kappa shape index (κ2) is 3.91. The van der Waals surface area contributed by atoms with Crippen LogP contribution in [0, 0.1) is 0 Å². The van der Waals surface area contributed by atoms with E-state index in [0.717, 1.165) is 11.3 Å². The number of hydrogen-bond acceptors (Lipinski definition) is 2. The summed E-state index contributed by atoms with van der Waals surface area (Å²) in [7, 11) is 1.68. The second-order valence-electron chi connectivity index (χ2n) is 3.73. The lowest BCUT2D eigenvalue weighted by Gasteiger charge is -2.13. The van der Waals surface area contributed by atoms with E-state index >= 15 is 0 Å². The van der Waals surface area contributed by atoms with E-state index in [9.17, 15) is 0 Å². The Morgan fingerprint density at radius 2 is 1.73 bits per heavy atom. The average molecular weight is 201 g/mol. The van der Waals surface area contributed by atoms with Gasteiger partial charge in [-0.05, 0) is 29.8 Å². The topological polar surface area (TPSA) is 35.2 Å². The van der Waals surface area contributed by atoms with Crippen LogP contribution in [0.4, 0.5) is 0 Å². The zero-order valence-electron chi connectivity index (χ0n) is 9.03. The van der Waals surface area contributed by atoms with Gasteiger partial charge in [0.1, 0.15) is 5.75 Å². The lowest BCUT2D eigenvalue weighted by Crippen LogP contribution is -2.06. The highest BCUT2D eigenvalue weighted by molar-refractivity contribution is 5.85. The molecule has 0 amide bonds. The average Bonchev–Trinajstić information content (AvgIpc) is 2.27. The number of fused-ring (bicyclic) bond motifs is 1. The molecule has 2 N–H and O–H groups in total. The standard InChI is InChI=1S/C13H15NO/c1-9(14)12-7-10-5-3-4-6-11(10)8-13(12)15-2/h3-9H,14H2,1-2H3. The Morgan fingerprint density at radius 1 is 1.13 bits per heavy atom. The first kappa shape index (κ1) is 9.99. The number of methoxy groups -OCH3 is 1. The van der Waals surface area contributed by atoms with Gasteiger partial charge >= 0.3 is 0 Å². The lowest BCUT2D eigenvalue weighted by molar-refractivity contribution is 0.407. The predicted molar refractivity (Wildman–Crippen MR) is 63.1 cm³/mol. The third-order valence-electron chi connectivity index (χ3n) is 2.59. The lowest BCUT2D eigenvalue weighted by atomic mass is 10.0. The van der Waals surface area contributed by atoms with Crippen molar-refractivity contribution in [2.75, 3.05) is 7.11 Å². The van der Waals surface area contributed by atoms with Gasteiger partial charge in [-0.15, -0.1) is 0 Å². The summed E-state index contributed by atoms with van der Waals surface area (Å²) in [6, 6.07) is 12.3. The molecule has 0 aliphatic rings. The Bertz CT molecular complexity index is 477. The molecule has 0 radical (unpaired) electrons. The molecule has 2 aromatic rings. The second-order valence-corrected chi connectivity index (χ2v) is 3.73. The molecule has 0 spiro atoms. The van der Waals surface area contributed by atoms with Gasteiger partial charge in [0.15, 0.2) is 0 Å². The fourth-order valence-electron chi connectivity index (χ4n) is 1.77. The number of benzene rings is 2. The highest BCUT2D eigenvalue weighted by atomic mass is 16.5. The molecule has 78 valence electrons. The first-order chi connectivity index (χ1) is 7.22. The van der Waals surface area contributed by atoms with Crippen LogP contribution in [0.2, 0.25) is 0 Å². The van der Waals surface area contributed by atoms with Gasteiger partial charge in [-0.3, -0.25) is 0 Å². The van der Waals surface area contributed by atoms with Crippen LogP contribution in [0.15, 0.2) is 36.4 Å². The quantitative estimate of drug-likeness (QED) is 0.810. The molecule has 0 aliphatic carbocycles. The van der Waals surface area contributed by atoms with Gasteiger partial charge in [0.05, 0.1) is 7.11 Å². The van der Waals surface area contributed by atoms with Crippen molar-refractivity contribution in [2.45, 2.75) is 13.0 Å². The fourth-order valence-corrected chi connectivity index (χ4v) is 1.77. The van der Waals surface area contributed by atoms with E-state index in [1.807, 2.05) is 25.1 Å². The molecule has 1 unspecified atom stereocenters. The van der Waals surface area contributed by atoms with E-state index < -0.39 is 0 Å². The van der Waals surface area contributed by atoms with Crippen molar-refractivity contribution in [1.29, 1.82) is 0 Å². The normalized spacial score (nSPS) is 12.7. The van der Waals surface area contributed by atoms with Gasteiger partial charge in [-0.2, -0.15) is 0 Å². The van der Waals surface area contributed by atoms with Gasteiger partial charge in [-0.25, -0.2) is 0 Å². The van der Waals surface area contributed by atoms with Crippen molar-refractivity contribution in [3.8, 4) is 5.75 Å². The third-order valence-corrected chi connectivity index (χ3v) is 2.59. The molecule has 2 aromatic carbocycles. The van der Waals surface area contributed by atoms with E-state index in [0.29, 0.717) is 0 Å². The van der Waals surface area contributed by atoms with E-state index in [4.69, 9.17) is 10.5 Å². The van der Waals surface area contributed by atoms with Crippen LogP contribution in [-0.2, 0) is 0 Å². The molecular weight excluding hydrogens is 186 g/mol. The van der Waals surface area contributed by atoms with Crippen molar-refractivity contribution in [1.82, 2.24) is 0 Å². The highest BCUT2D eigenvalue weighted by Crippen LogP contribution is 2.29. The van der Waals surface area contributed by atoms with Crippen molar-refractivity contribution in [3.05, 3.63) is 42.0 Å². The van der Waals surface area contributed by atoms with Crippen molar-refractivity contribution >= 4 is 10.8 Å². The zero-order chi connectivity index (χ0) is 10.8. The van der Waals surface area contributed by atoms with E-state index in [-0.39, 0.29) is 6.04 Å². The summed E-state index contributed by atoms with van der Waals surface area (Å²) < 4.78 is 5.33. The maximum atomic E-state index is 5.90. The highest BCUT2D eigenvalue weighted by Gasteiger charge is 2.08. The molecule has 0 fully saturated rings. The Kier molecular flexibility index (Phi) is 2.60. The van der Waals surface area contributed by atoms with Gasteiger partial charge in [0.25, 0.3) is 0 Å². The molecular formula is C13H15NO. The zero-order valence-corrected chi connectivity index (χ0v) is 9.03. The maximum absolute atomic E-state index is 5.90. The first-order valence-corrected chi connectivity index (χ1v) is 5.04. The van der Waals surface area contributed by atoms with Gasteiger partial charge in [0.2, 0.25) is 0 Å². The van der Waals surface area contributed by atoms with Crippen molar-refractivity contribution < 1.29 is 4.74 Å². The number of nitrogens with two attached hydrogens (primary N) is 1. The largest absolute Gasteiger partial charge is 0.496 e. The number of hydrogen-bond donors (Lipinski definition) is 1. The molecule has 0 saturated carbocycles. The van der Waals surface area contributed by atoms with Gasteiger partial charge in [0, 0.05) is 11.6 Å². The van der Waals surface area contributed by atoms with Gasteiger partial charge < -0.3 is 10.5 Å². The van der Waals surface area contributed by atoms with Crippen LogP contribution >= 0.6 is 0 Å². The van der Waals surface area contributed by atoms with Crippen LogP contribution in [-0.4, -0.2) is 7.11 Å². The number of ether oxygens (including phenoxy) is 1. The molecule has 2 nitrogen and oxygen atoms in total. The van der Waals surface area contributed by atoms with Crippen LogP contribution in [0.5, 0.6) is 5.75 Å². The monoisotopic (exact) mass is 201 g/mol. The molecule has 0 heterocycles. The minimum Gasteiger partial charge on any atom is -0.496 e. The minimum absolute atomic E-state index is 0.00967. The molecule has 1 atom stereocenters. The van der Waals surface area contributed by atoms with Crippen molar-refractivity contribution in [3.63, 3.8) is 0 Å². The molecule has 15 heavy (non-hydrogen) atoms. The maximum Gasteiger partial charge on any atom is 0.124 e. The van der Waals surface area contributed by atoms with Crippen LogP contribution in [0.25, 0.3) is 10.8 Å². The Balaban J connectivity index is 2.69. The number of rotatable bonds is 2. The summed E-state index contributed by atoms with van der Waals surface area (Å²) in [6.07, 6.45) is 0. The molecule has 2 rings (SSSR count). The van der Waals surface area contributed by atoms with Crippen LogP contribution in [0.3, 0.4) is 0 Å². The SMILES string of the molecule is COc1cc2ccccc2cc1C(C)N. The summed E-state index contributed by atoms with van der Waals surface area (Å²) in [5, 5.41) is 2.38. The molecule has 2 heteroatoms. The van der Waals surface area contributed by atoms with Gasteiger partial charge in [-0.1, -0.05) is 24.3 Å². The first-order valence-electron chi connectivity index (χ1n) is 5.04. The Morgan fingerprint density at radius 3 is 2.27 bits per heavy atom. The van der Waals surface area contributed by atoms with E-state index in [1.165, 1.54) is 10.8 Å². The van der Waals surface area contributed by atoms with Crippen molar-refractivity contribution in [2.24, 2.45) is 5.73 Å². The third kappa shape index (κ3) is 1.81. The fraction of sp³-hybridized carbons (Fsp3) is 0.231. The summed E-state index contributed by atoms with van der Waals surface area (Å²) in [6.45, 7) is 1.96. The summed E-state index contributed by atoms with van der Waals surface area (Å²) >= 11 is 0. The van der Waals surface area contributed by atoms with E-state index in [1.54, 1.807) is 7.11 Å². The summed E-state index contributed by atoms with van der Waals surface area (Å²) in [5.41, 5.74) is 6.95. The van der Waals surface area contributed by atoms with Crippen LogP contribution < -0.4 is 10.5 Å².